The lowest BCUT2D eigenvalue weighted by molar-refractivity contribution is -0.131. The van der Waals surface area contributed by atoms with Gasteiger partial charge in [0.1, 0.15) is 0 Å². The normalized spacial score (nSPS) is 11.5. The number of benzene rings is 1. The van der Waals surface area contributed by atoms with Crippen molar-refractivity contribution in [2.24, 2.45) is 7.05 Å². The Hall–Kier alpha value is -2.89. The molecule has 3 rings (SSSR count). The maximum absolute atomic E-state index is 10.8. The van der Waals surface area contributed by atoms with Crippen LogP contribution in [0.1, 0.15) is 11.3 Å². The molecular weight excluding hydrogens is 268 g/mol. The van der Waals surface area contributed by atoms with Crippen molar-refractivity contribution in [2.45, 2.75) is 6.92 Å². The largest absolute Gasteiger partial charge is 0.478 e. The number of rotatable bonds is 3. The minimum atomic E-state index is -0.991. The van der Waals surface area contributed by atoms with Crippen LogP contribution in [0.5, 0.6) is 0 Å². The highest BCUT2D eigenvalue weighted by atomic mass is 16.4. The van der Waals surface area contributed by atoms with Crippen molar-refractivity contribution in [3.8, 4) is 5.82 Å². The van der Waals surface area contributed by atoms with Gasteiger partial charge in [-0.05, 0) is 19.1 Å². The molecule has 1 N–H and O–H groups in total. The summed E-state index contributed by atoms with van der Waals surface area (Å²) in [6.07, 6.45) is 4.44. The molecule has 0 saturated carbocycles. The second-order valence-electron chi connectivity index (χ2n) is 4.73. The standard InChI is InChI=1S/C15H14N4O2/c1-10-12(7-8-14(20)21)15(18(2)17-10)19-13-6-4-3-5-11(13)9-16-19/h3-9H,1-2H3,(H,20,21). The van der Waals surface area contributed by atoms with E-state index in [4.69, 9.17) is 5.11 Å². The number of carboxylic acids is 1. The van der Waals surface area contributed by atoms with Gasteiger partial charge < -0.3 is 5.11 Å². The molecule has 0 bridgehead atoms. The summed E-state index contributed by atoms with van der Waals surface area (Å²) in [7, 11) is 1.82. The fraction of sp³-hybridized carbons (Fsp3) is 0.133. The van der Waals surface area contributed by atoms with Gasteiger partial charge in [0.15, 0.2) is 5.82 Å². The number of nitrogens with zero attached hydrogens (tertiary/aromatic N) is 4. The molecule has 6 heteroatoms. The van der Waals surface area contributed by atoms with Crippen molar-refractivity contribution in [1.29, 1.82) is 0 Å². The van der Waals surface area contributed by atoms with Crippen LogP contribution in [0.3, 0.4) is 0 Å². The van der Waals surface area contributed by atoms with Crippen molar-refractivity contribution in [3.63, 3.8) is 0 Å². The van der Waals surface area contributed by atoms with Gasteiger partial charge in [-0.3, -0.25) is 4.68 Å². The average Bonchev–Trinajstić information content (AvgIpc) is 2.97. The number of aliphatic carboxylic acids is 1. The first kappa shape index (κ1) is 13.1. The number of hydrogen-bond acceptors (Lipinski definition) is 3. The third-order valence-corrected chi connectivity index (χ3v) is 3.31. The first-order valence-corrected chi connectivity index (χ1v) is 6.45. The number of aryl methyl sites for hydroxylation is 2. The SMILES string of the molecule is Cc1nn(C)c(-n2ncc3ccccc32)c1C=CC(=O)O. The molecule has 0 aliphatic heterocycles. The van der Waals surface area contributed by atoms with E-state index < -0.39 is 5.97 Å². The number of hydrogen-bond donors (Lipinski definition) is 1. The minimum absolute atomic E-state index is 0.742. The second kappa shape index (κ2) is 4.90. The van der Waals surface area contributed by atoms with E-state index in [9.17, 15) is 4.79 Å². The summed E-state index contributed by atoms with van der Waals surface area (Å²) in [4.78, 5) is 10.8. The number of fused-ring (bicyclic) bond motifs is 1. The van der Waals surface area contributed by atoms with Crippen LogP contribution in [-0.2, 0) is 11.8 Å². The van der Waals surface area contributed by atoms with Gasteiger partial charge in [-0.1, -0.05) is 18.2 Å². The van der Waals surface area contributed by atoms with Crippen LogP contribution in [0.2, 0.25) is 0 Å². The quantitative estimate of drug-likeness (QED) is 0.747. The summed E-state index contributed by atoms with van der Waals surface area (Å²) in [6, 6.07) is 7.84. The lowest BCUT2D eigenvalue weighted by atomic mass is 10.2. The molecular formula is C15H14N4O2. The van der Waals surface area contributed by atoms with E-state index in [1.165, 1.54) is 0 Å². The molecule has 3 aromatic rings. The van der Waals surface area contributed by atoms with Gasteiger partial charge in [0, 0.05) is 24.1 Å². The molecule has 106 valence electrons. The predicted octanol–water partition coefficient (Wildman–Crippen LogP) is 2.17. The molecule has 6 nitrogen and oxygen atoms in total. The van der Waals surface area contributed by atoms with E-state index in [1.54, 1.807) is 21.6 Å². The van der Waals surface area contributed by atoms with Crippen LogP contribution in [0.15, 0.2) is 36.5 Å². The molecule has 2 aromatic heterocycles. The molecule has 0 amide bonds. The molecule has 1 aromatic carbocycles. The number of aromatic nitrogens is 4. The highest BCUT2D eigenvalue weighted by molar-refractivity contribution is 5.87. The Morgan fingerprint density at radius 1 is 1.33 bits per heavy atom. The highest BCUT2D eigenvalue weighted by Gasteiger charge is 2.15. The van der Waals surface area contributed by atoms with Crippen LogP contribution >= 0.6 is 0 Å². The first-order chi connectivity index (χ1) is 10.1. The lowest BCUT2D eigenvalue weighted by Crippen LogP contribution is -2.05. The fourth-order valence-electron chi connectivity index (χ4n) is 2.40. The number of para-hydroxylation sites is 1. The molecule has 0 aliphatic rings. The van der Waals surface area contributed by atoms with Crippen LogP contribution in [0, 0.1) is 6.92 Å². The Labute approximate surface area is 120 Å². The van der Waals surface area contributed by atoms with E-state index in [1.807, 2.05) is 38.2 Å². The Morgan fingerprint density at radius 2 is 2.10 bits per heavy atom. The molecule has 0 aliphatic carbocycles. The first-order valence-electron chi connectivity index (χ1n) is 6.45. The summed E-state index contributed by atoms with van der Waals surface area (Å²) in [5.74, 6) is -0.249. The Morgan fingerprint density at radius 3 is 2.86 bits per heavy atom. The minimum Gasteiger partial charge on any atom is -0.478 e. The van der Waals surface area contributed by atoms with E-state index in [0.717, 1.165) is 34.1 Å². The topological polar surface area (TPSA) is 72.9 Å². The van der Waals surface area contributed by atoms with E-state index in [0.29, 0.717) is 0 Å². The molecule has 21 heavy (non-hydrogen) atoms. The molecule has 0 atom stereocenters. The third kappa shape index (κ3) is 2.20. The Bertz CT molecular complexity index is 858. The van der Waals surface area contributed by atoms with Crippen molar-refractivity contribution in [3.05, 3.63) is 47.8 Å². The van der Waals surface area contributed by atoms with Crippen LogP contribution in [0.25, 0.3) is 22.8 Å². The van der Waals surface area contributed by atoms with Crippen molar-refractivity contribution >= 4 is 22.9 Å². The third-order valence-electron chi connectivity index (χ3n) is 3.31. The lowest BCUT2D eigenvalue weighted by Gasteiger charge is -2.05. The molecule has 0 radical (unpaired) electrons. The summed E-state index contributed by atoms with van der Waals surface area (Å²) >= 11 is 0. The zero-order valence-corrected chi connectivity index (χ0v) is 11.7. The molecule has 0 unspecified atom stereocenters. The summed E-state index contributed by atoms with van der Waals surface area (Å²) in [6.45, 7) is 1.84. The van der Waals surface area contributed by atoms with Crippen molar-refractivity contribution < 1.29 is 9.90 Å². The zero-order valence-electron chi connectivity index (χ0n) is 11.7. The zero-order chi connectivity index (χ0) is 15.0. The highest BCUT2D eigenvalue weighted by Crippen LogP contribution is 2.23. The summed E-state index contributed by atoms with van der Waals surface area (Å²) in [5, 5.41) is 18.6. The van der Waals surface area contributed by atoms with Gasteiger partial charge in [0.2, 0.25) is 0 Å². The second-order valence-corrected chi connectivity index (χ2v) is 4.73. The average molecular weight is 282 g/mol. The Kier molecular flexibility index (Phi) is 3.06. The van der Waals surface area contributed by atoms with Gasteiger partial charge in [-0.2, -0.15) is 10.2 Å². The van der Waals surface area contributed by atoms with Crippen molar-refractivity contribution in [1.82, 2.24) is 19.6 Å². The molecule has 0 spiro atoms. The number of carbonyl (C=O) groups is 1. The Balaban J connectivity index is 2.25. The predicted molar refractivity (Wildman–Crippen MR) is 79.2 cm³/mol. The van der Waals surface area contributed by atoms with Gasteiger partial charge >= 0.3 is 5.97 Å². The summed E-state index contributed by atoms with van der Waals surface area (Å²) < 4.78 is 3.48. The van der Waals surface area contributed by atoms with Gasteiger partial charge in [0.25, 0.3) is 0 Å². The van der Waals surface area contributed by atoms with E-state index in [-0.39, 0.29) is 0 Å². The smallest absolute Gasteiger partial charge is 0.328 e. The van der Waals surface area contributed by atoms with Crippen molar-refractivity contribution in [2.75, 3.05) is 0 Å². The van der Waals surface area contributed by atoms with Crippen LogP contribution < -0.4 is 0 Å². The monoisotopic (exact) mass is 282 g/mol. The molecule has 0 saturated heterocycles. The maximum Gasteiger partial charge on any atom is 0.328 e. The van der Waals surface area contributed by atoms with Gasteiger partial charge in [-0.25, -0.2) is 9.48 Å². The van der Waals surface area contributed by atoms with E-state index in [2.05, 4.69) is 10.2 Å². The number of carboxylic acid groups (broad SMARTS) is 1. The molecule has 0 fully saturated rings. The van der Waals surface area contributed by atoms with E-state index >= 15 is 0 Å². The maximum atomic E-state index is 10.8. The summed E-state index contributed by atoms with van der Waals surface area (Å²) in [5.41, 5.74) is 2.45. The molecule has 2 heterocycles. The van der Waals surface area contributed by atoms with Crippen LogP contribution in [-0.4, -0.2) is 30.6 Å². The fourth-order valence-corrected chi connectivity index (χ4v) is 2.40. The van der Waals surface area contributed by atoms with Gasteiger partial charge in [-0.15, -0.1) is 0 Å². The van der Waals surface area contributed by atoms with Crippen LogP contribution in [0.4, 0.5) is 0 Å². The van der Waals surface area contributed by atoms with Gasteiger partial charge in [0.05, 0.1) is 17.4 Å².